The van der Waals surface area contributed by atoms with Crippen molar-refractivity contribution in [1.29, 1.82) is 0 Å². The van der Waals surface area contributed by atoms with Gasteiger partial charge in [0.15, 0.2) is 0 Å². The summed E-state index contributed by atoms with van der Waals surface area (Å²) in [5, 5.41) is 6.63. The lowest BCUT2D eigenvalue weighted by molar-refractivity contribution is -0.115. The molecule has 0 unspecified atom stereocenters. The molecule has 0 saturated carbocycles. The first-order valence-corrected chi connectivity index (χ1v) is 7.05. The van der Waals surface area contributed by atoms with Crippen molar-refractivity contribution in [3.05, 3.63) is 65.8 Å². The molecule has 3 rings (SSSR count). The number of hydrogen-bond acceptors (Lipinski definition) is 4. The maximum atomic E-state index is 12.8. The number of hydrogen-bond donors (Lipinski definition) is 1. The van der Waals surface area contributed by atoms with Crippen molar-refractivity contribution in [1.82, 2.24) is 10.1 Å². The van der Waals surface area contributed by atoms with Gasteiger partial charge in [0, 0.05) is 18.2 Å². The van der Waals surface area contributed by atoms with Gasteiger partial charge in [-0.3, -0.25) is 4.79 Å². The van der Waals surface area contributed by atoms with Crippen molar-refractivity contribution in [2.45, 2.75) is 13.3 Å². The monoisotopic (exact) mass is 311 g/mol. The van der Waals surface area contributed by atoms with E-state index in [0.29, 0.717) is 17.4 Å². The van der Waals surface area contributed by atoms with Gasteiger partial charge >= 0.3 is 0 Å². The lowest BCUT2D eigenvalue weighted by atomic mass is 10.1. The Balaban J connectivity index is 1.63. The number of rotatable bonds is 4. The average molecular weight is 311 g/mol. The molecule has 0 saturated heterocycles. The number of halogens is 1. The SMILES string of the molecule is Cc1nc(-c2ccc(NC(=O)Cc3ccc(F)cc3)cc2)no1. The zero-order valence-corrected chi connectivity index (χ0v) is 12.4. The van der Waals surface area contributed by atoms with Crippen LogP contribution in [0.15, 0.2) is 53.1 Å². The van der Waals surface area contributed by atoms with Crippen LogP contribution in [0.5, 0.6) is 0 Å². The van der Waals surface area contributed by atoms with Crippen LogP contribution in [-0.2, 0) is 11.2 Å². The Hall–Kier alpha value is -3.02. The van der Waals surface area contributed by atoms with Crippen LogP contribution in [0, 0.1) is 12.7 Å². The summed E-state index contributed by atoms with van der Waals surface area (Å²) >= 11 is 0. The first kappa shape index (κ1) is 14.9. The van der Waals surface area contributed by atoms with Crippen molar-refractivity contribution in [3.8, 4) is 11.4 Å². The van der Waals surface area contributed by atoms with Gasteiger partial charge in [0.1, 0.15) is 5.82 Å². The van der Waals surface area contributed by atoms with Crippen LogP contribution in [0.4, 0.5) is 10.1 Å². The fourth-order valence-electron chi connectivity index (χ4n) is 2.11. The summed E-state index contributed by atoms with van der Waals surface area (Å²) in [6, 6.07) is 13.0. The third-order valence-electron chi connectivity index (χ3n) is 3.23. The Bertz CT molecular complexity index is 811. The smallest absolute Gasteiger partial charge is 0.228 e. The molecular formula is C17H14FN3O2. The summed E-state index contributed by atoms with van der Waals surface area (Å²) in [4.78, 5) is 16.1. The van der Waals surface area contributed by atoms with E-state index in [-0.39, 0.29) is 18.1 Å². The van der Waals surface area contributed by atoms with Crippen molar-refractivity contribution >= 4 is 11.6 Å². The zero-order valence-electron chi connectivity index (χ0n) is 12.4. The van der Waals surface area contributed by atoms with Crippen molar-refractivity contribution < 1.29 is 13.7 Å². The summed E-state index contributed by atoms with van der Waals surface area (Å²) in [6.45, 7) is 1.72. The van der Waals surface area contributed by atoms with Gasteiger partial charge in [-0.2, -0.15) is 4.98 Å². The molecule has 1 heterocycles. The van der Waals surface area contributed by atoms with E-state index >= 15 is 0 Å². The Morgan fingerprint density at radius 1 is 1.13 bits per heavy atom. The molecular weight excluding hydrogens is 297 g/mol. The van der Waals surface area contributed by atoms with Crippen LogP contribution in [-0.4, -0.2) is 16.0 Å². The Morgan fingerprint density at radius 2 is 1.83 bits per heavy atom. The van der Waals surface area contributed by atoms with Gasteiger partial charge in [-0.1, -0.05) is 17.3 Å². The van der Waals surface area contributed by atoms with Crippen molar-refractivity contribution in [2.75, 3.05) is 5.32 Å². The first-order valence-electron chi connectivity index (χ1n) is 7.05. The van der Waals surface area contributed by atoms with E-state index in [9.17, 15) is 9.18 Å². The second kappa shape index (κ2) is 6.39. The second-order valence-corrected chi connectivity index (χ2v) is 5.07. The number of nitrogens with zero attached hydrogens (tertiary/aromatic N) is 2. The molecule has 0 bridgehead atoms. The van der Waals surface area contributed by atoms with E-state index in [4.69, 9.17) is 4.52 Å². The predicted molar refractivity (Wildman–Crippen MR) is 83.2 cm³/mol. The highest BCUT2D eigenvalue weighted by atomic mass is 19.1. The average Bonchev–Trinajstić information content (AvgIpc) is 2.97. The van der Waals surface area contributed by atoms with Crippen LogP contribution in [0.1, 0.15) is 11.5 Å². The highest BCUT2D eigenvalue weighted by molar-refractivity contribution is 5.92. The van der Waals surface area contributed by atoms with E-state index in [0.717, 1.165) is 11.1 Å². The van der Waals surface area contributed by atoms with E-state index in [1.807, 2.05) is 0 Å². The Kier molecular flexibility index (Phi) is 4.14. The summed E-state index contributed by atoms with van der Waals surface area (Å²) in [6.07, 6.45) is 0.187. The molecule has 0 atom stereocenters. The van der Waals surface area contributed by atoms with E-state index in [1.54, 1.807) is 43.3 Å². The second-order valence-electron chi connectivity index (χ2n) is 5.07. The number of aryl methyl sites for hydroxylation is 1. The minimum absolute atomic E-state index is 0.167. The Morgan fingerprint density at radius 3 is 2.43 bits per heavy atom. The minimum atomic E-state index is -0.318. The molecule has 0 fully saturated rings. The van der Waals surface area contributed by atoms with Crippen LogP contribution < -0.4 is 5.32 Å². The molecule has 3 aromatic rings. The Labute approximate surface area is 132 Å². The zero-order chi connectivity index (χ0) is 16.2. The maximum Gasteiger partial charge on any atom is 0.228 e. The highest BCUT2D eigenvalue weighted by Gasteiger charge is 2.07. The molecule has 1 N–H and O–H groups in total. The number of benzene rings is 2. The van der Waals surface area contributed by atoms with Crippen LogP contribution >= 0.6 is 0 Å². The third kappa shape index (κ3) is 3.79. The van der Waals surface area contributed by atoms with Crippen molar-refractivity contribution in [2.24, 2.45) is 0 Å². The predicted octanol–water partition coefficient (Wildman–Crippen LogP) is 3.37. The number of carbonyl (C=O) groups is 1. The van der Waals surface area contributed by atoms with Gasteiger partial charge in [0.25, 0.3) is 0 Å². The van der Waals surface area contributed by atoms with Gasteiger partial charge in [-0.05, 0) is 42.0 Å². The summed E-state index contributed by atoms with van der Waals surface area (Å²) in [7, 11) is 0. The quantitative estimate of drug-likeness (QED) is 0.802. The summed E-state index contributed by atoms with van der Waals surface area (Å²) in [5.74, 6) is 0.518. The van der Waals surface area contributed by atoms with Gasteiger partial charge in [0.2, 0.25) is 17.6 Å². The number of nitrogens with one attached hydrogen (secondary N) is 1. The molecule has 116 valence electrons. The first-order chi connectivity index (χ1) is 11.1. The molecule has 0 spiro atoms. The third-order valence-corrected chi connectivity index (χ3v) is 3.23. The summed E-state index contributed by atoms with van der Waals surface area (Å²) in [5.41, 5.74) is 2.22. The van der Waals surface area contributed by atoms with Gasteiger partial charge in [-0.25, -0.2) is 4.39 Å². The highest BCUT2D eigenvalue weighted by Crippen LogP contribution is 2.18. The van der Waals surface area contributed by atoms with Crippen LogP contribution in [0.2, 0.25) is 0 Å². The molecule has 23 heavy (non-hydrogen) atoms. The van der Waals surface area contributed by atoms with Gasteiger partial charge in [0.05, 0.1) is 6.42 Å². The van der Waals surface area contributed by atoms with E-state index < -0.39 is 0 Å². The van der Waals surface area contributed by atoms with Gasteiger partial charge < -0.3 is 9.84 Å². The molecule has 0 radical (unpaired) electrons. The summed E-state index contributed by atoms with van der Waals surface area (Å²) < 4.78 is 17.8. The number of amides is 1. The number of anilines is 1. The molecule has 0 aliphatic carbocycles. The van der Waals surface area contributed by atoms with Crippen LogP contribution in [0.3, 0.4) is 0 Å². The molecule has 6 heteroatoms. The molecule has 5 nitrogen and oxygen atoms in total. The largest absolute Gasteiger partial charge is 0.339 e. The minimum Gasteiger partial charge on any atom is -0.339 e. The fourth-order valence-corrected chi connectivity index (χ4v) is 2.11. The molecule has 0 aliphatic rings. The lowest BCUT2D eigenvalue weighted by Gasteiger charge is -2.06. The van der Waals surface area contributed by atoms with Gasteiger partial charge in [-0.15, -0.1) is 0 Å². The van der Waals surface area contributed by atoms with Crippen LogP contribution in [0.25, 0.3) is 11.4 Å². The molecule has 1 aromatic heterocycles. The molecule has 1 amide bonds. The number of carbonyl (C=O) groups excluding carboxylic acids is 1. The van der Waals surface area contributed by atoms with E-state index in [2.05, 4.69) is 15.5 Å². The molecule has 2 aromatic carbocycles. The topological polar surface area (TPSA) is 68.0 Å². The van der Waals surface area contributed by atoms with E-state index in [1.165, 1.54) is 12.1 Å². The maximum absolute atomic E-state index is 12.8. The standard InChI is InChI=1S/C17H14FN3O2/c1-11-19-17(21-23-11)13-4-8-15(9-5-13)20-16(22)10-12-2-6-14(18)7-3-12/h2-9H,10H2,1H3,(H,20,22). The van der Waals surface area contributed by atoms with Crippen molar-refractivity contribution in [3.63, 3.8) is 0 Å². The fraction of sp³-hybridized carbons (Fsp3) is 0.118. The number of aromatic nitrogens is 2. The molecule has 0 aliphatic heterocycles. The normalized spacial score (nSPS) is 10.5. The lowest BCUT2D eigenvalue weighted by Crippen LogP contribution is -2.14.